The van der Waals surface area contributed by atoms with E-state index < -0.39 is 12.2 Å². The van der Waals surface area contributed by atoms with Crippen molar-refractivity contribution in [2.24, 2.45) is 10.9 Å². The van der Waals surface area contributed by atoms with E-state index in [2.05, 4.69) is 9.98 Å². The second-order valence-electron chi connectivity index (χ2n) is 5.94. The number of aromatic nitrogens is 1. The Hall–Kier alpha value is -1.67. The van der Waals surface area contributed by atoms with Gasteiger partial charge >= 0.3 is 6.18 Å². The number of hydrogen-bond acceptors (Lipinski definition) is 5. The molecular formula is C15H15F3N4S. The summed E-state index contributed by atoms with van der Waals surface area (Å²) in [6, 6.07) is -1.43. The van der Waals surface area contributed by atoms with Crippen molar-refractivity contribution in [3.05, 3.63) is 40.3 Å². The normalized spacial score (nSPS) is 23.3. The number of thiazole rings is 1. The maximum absolute atomic E-state index is 13.5. The van der Waals surface area contributed by atoms with E-state index in [1.165, 1.54) is 16.3 Å². The summed E-state index contributed by atoms with van der Waals surface area (Å²) in [5.74, 6) is 0.255. The zero-order valence-electron chi connectivity index (χ0n) is 12.4. The highest BCUT2D eigenvalue weighted by atomic mass is 32.1. The SMILES string of the molecule is CC1=CC(c2nccs2)=NC2=CCN(C(C3CC3)C(F)(F)F)N12. The standard InChI is InChI=1S/C15H15F3N4S/c1-9-8-11(14-19-5-7-23-14)20-12-4-6-21(22(9)12)13(10-2-3-10)15(16,17)18/h4-5,7-8,10,13H,2-3,6H2,1H3. The van der Waals surface area contributed by atoms with Crippen molar-refractivity contribution in [2.45, 2.75) is 32.0 Å². The van der Waals surface area contributed by atoms with Gasteiger partial charge in [-0.05, 0) is 37.8 Å². The Morgan fingerprint density at radius 3 is 2.74 bits per heavy atom. The van der Waals surface area contributed by atoms with Crippen molar-refractivity contribution in [2.75, 3.05) is 6.54 Å². The van der Waals surface area contributed by atoms with E-state index in [4.69, 9.17) is 0 Å². The van der Waals surface area contributed by atoms with E-state index in [0.29, 0.717) is 24.4 Å². The van der Waals surface area contributed by atoms with Gasteiger partial charge in [-0.2, -0.15) is 18.2 Å². The molecule has 1 aromatic rings. The fourth-order valence-electron chi connectivity index (χ4n) is 3.15. The third kappa shape index (κ3) is 2.59. The molecule has 1 saturated carbocycles. The first-order valence-corrected chi connectivity index (χ1v) is 8.33. The lowest BCUT2D eigenvalue weighted by atomic mass is 10.1. The molecule has 3 heterocycles. The molecule has 0 saturated heterocycles. The fourth-order valence-corrected chi connectivity index (χ4v) is 3.75. The van der Waals surface area contributed by atoms with Crippen LogP contribution >= 0.6 is 11.3 Å². The van der Waals surface area contributed by atoms with Crippen LogP contribution in [0.5, 0.6) is 0 Å². The van der Waals surface area contributed by atoms with Gasteiger partial charge in [-0.15, -0.1) is 11.3 Å². The lowest BCUT2D eigenvalue weighted by molar-refractivity contribution is -0.212. The monoisotopic (exact) mass is 340 g/mol. The highest BCUT2D eigenvalue weighted by molar-refractivity contribution is 7.11. The van der Waals surface area contributed by atoms with Crippen molar-refractivity contribution >= 4 is 17.0 Å². The summed E-state index contributed by atoms with van der Waals surface area (Å²) in [5.41, 5.74) is 1.45. The maximum Gasteiger partial charge on any atom is 0.406 e. The topological polar surface area (TPSA) is 31.7 Å². The van der Waals surface area contributed by atoms with E-state index in [1.807, 2.05) is 12.3 Å². The van der Waals surface area contributed by atoms with Crippen LogP contribution in [0.2, 0.25) is 0 Å². The first-order valence-electron chi connectivity index (χ1n) is 7.45. The van der Waals surface area contributed by atoms with Crippen LogP contribution in [0, 0.1) is 5.92 Å². The molecule has 122 valence electrons. The zero-order valence-corrected chi connectivity index (χ0v) is 13.2. The molecule has 0 spiro atoms. The van der Waals surface area contributed by atoms with Crippen molar-refractivity contribution in [3.8, 4) is 0 Å². The number of hydrogen-bond donors (Lipinski definition) is 0. The average molecular weight is 340 g/mol. The molecule has 0 N–H and O–H groups in total. The first-order chi connectivity index (χ1) is 10.9. The molecule has 0 bridgehead atoms. The second kappa shape index (κ2) is 5.17. The molecule has 1 atom stereocenters. The number of halogens is 3. The van der Waals surface area contributed by atoms with Crippen molar-refractivity contribution in [1.82, 2.24) is 15.0 Å². The Morgan fingerprint density at radius 1 is 1.35 bits per heavy atom. The number of nitrogens with zero attached hydrogens (tertiary/aromatic N) is 4. The number of rotatable bonds is 3. The number of hydrazine groups is 1. The van der Waals surface area contributed by atoms with E-state index in [1.54, 1.807) is 23.4 Å². The summed E-state index contributed by atoms with van der Waals surface area (Å²) in [5, 5.41) is 5.64. The lowest BCUT2D eigenvalue weighted by Gasteiger charge is -2.39. The van der Waals surface area contributed by atoms with E-state index >= 15 is 0 Å². The number of allylic oxidation sites excluding steroid dienone is 2. The molecule has 1 fully saturated rings. The molecule has 0 amide bonds. The molecule has 4 nitrogen and oxygen atoms in total. The smallest absolute Gasteiger partial charge is 0.261 e. The highest BCUT2D eigenvalue weighted by Crippen LogP contribution is 2.46. The second-order valence-corrected chi connectivity index (χ2v) is 6.83. The van der Waals surface area contributed by atoms with Crippen LogP contribution in [0.25, 0.3) is 0 Å². The predicted octanol–water partition coefficient (Wildman–Crippen LogP) is 3.56. The number of alkyl halides is 3. The van der Waals surface area contributed by atoms with Gasteiger partial charge in [0.15, 0.2) is 0 Å². The van der Waals surface area contributed by atoms with Gasteiger partial charge in [0, 0.05) is 23.8 Å². The molecular weight excluding hydrogens is 325 g/mol. The third-order valence-electron chi connectivity index (χ3n) is 4.23. The molecule has 3 aliphatic rings. The molecule has 2 aliphatic heterocycles. The van der Waals surface area contributed by atoms with Crippen molar-refractivity contribution in [1.29, 1.82) is 0 Å². The van der Waals surface area contributed by atoms with Crippen LogP contribution in [0.15, 0.2) is 40.2 Å². The summed E-state index contributed by atoms with van der Waals surface area (Å²) < 4.78 is 40.5. The fraction of sp³-hybridized carbons (Fsp3) is 0.467. The Labute approximate surface area is 135 Å². The number of fused-ring (bicyclic) bond motifs is 1. The van der Waals surface area contributed by atoms with Gasteiger partial charge < -0.3 is 0 Å². The Kier molecular flexibility index (Phi) is 3.35. The number of aliphatic imine (C=N–C) groups is 1. The minimum Gasteiger partial charge on any atom is -0.261 e. The highest BCUT2D eigenvalue weighted by Gasteiger charge is 2.54. The summed E-state index contributed by atoms with van der Waals surface area (Å²) in [4.78, 5) is 8.72. The third-order valence-corrected chi connectivity index (χ3v) is 5.02. The van der Waals surface area contributed by atoms with Crippen LogP contribution < -0.4 is 0 Å². The quantitative estimate of drug-likeness (QED) is 0.843. The van der Waals surface area contributed by atoms with Gasteiger partial charge in [0.1, 0.15) is 22.6 Å². The molecule has 4 rings (SSSR count). The van der Waals surface area contributed by atoms with E-state index in [0.717, 1.165) is 10.7 Å². The van der Waals surface area contributed by atoms with Gasteiger partial charge in [-0.25, -0.2) is 9.98 Å². The summed E-state index contributed by atoms with van der Waals surface area (Å²) in [6.45, 7) is 2.05. The van der Waals surface area contributed by atoms with Crippen molar-refractivity contribution < 1.29 is 13.2 Å². The van der Waals surface area contributed by atoms with Crippen LogP contribution in [0.4, 0.5) is 13.2 Å². The summed E-state index contributed by atoms with van der Waals surface area (Å²) in [6.07, 6.45) is 2.30. The molecule has 1 aromatic heterocycles. The molecule has 1 aliphatic carbocycles. The molecule has 1 unspecified atom stereocenters. The Balaban J connectivity index is 1.65. The minimum absolute atomic E-state index is 0.232. The van der Waals surface area contributed by atoms with E-state index in [9.17, 15) is 13.2 Å². The van der Waals surface area contributed by atoms with Gasteiger partial charge in [-0.3, -0.25) is 5.01 Å². The average Bonchev–Trinajstić information content (AvgIpc) is 2.99. The maximum atomic E-state index is 13.5. The van der Waals surface area contributed by atoms with Gasteiger partial charge in [-0.1, -0.05) is 0 Å². The van der Waals surface area contributed by atoms with Gasteiger partial charge in [0.05, 0.1) is 0 Å². The minimum atomic E-state index is -4.23. The Morgan fingerprint density at radius 2 is 2.13 bits per heavy atom. The Bertz CT molecular complexity index is 701. The van der Waals surface area contributed by atoms with Crippen LogP contribution in [0.1, 0.15) is 24.8 Å². The molecule has 0 aromatic carbocycles. The van der Waals surface area contributed by atoms with Gasteiger partial charge in [0.2, 0.25) is 0 Å². The summed E-state index contributed by atoms with van der Waals surface area (Å²) in [7, 11) is 0. The first kappa shape index (κ1) is 14.9. The summed E-state index contributed by atoms with van der Waals surface area (Å²) >= 11 is 1.47. The molecule has 0 radical (unpaired) electrons. The van der Waals surface area contributed by atoms with Crippen LogP contribution in [-0.2, 0) is 0 Å². The largest absolute Gasteiger partial charge is 0.406 e. The molecule has 8 heteroatoms. The predicted molar refractivity (Wildman–Crippen MR) is 81.6 cm³/mol. The van der Waals surface area contributed by atoms with Crippen molar-refractivity contribution in [3.63, 3.8) is 0 Å². The lowest BCUT2D eigenvalue weighted by Crippen LogP contribution is -2.52. The van der Waals surface area contributed by atoms with E-state index in [-0.39, 0.29) is 12.5 Å². The van der Waals surface area contributed by atoms with Crippen LogP contribution in [-0.4, -0.2) is 39.5 Å². The molecule has 23 heavy (non-hydrogen) atoms. The van der Waals surface area contributed by atoms with Gasteiger partial charge in [0.25, 0.3) is 0 Å². The zero-order chi connectivity index (χ0) is 16.2. The van der Waals surface area contributed by atoms with Crippen LogP contribution in [0.3, 0.4) is 0 Å².